The maximum absolute atomic E-state index is 13.6. The quantitative estimate of drug-likeness (QED) is 0.0599. The third-order valence-corrected chi connectivity index (χ3v) is 12.6. The molecular weight excluding hydrogens is 889 g/mol. The van der Waals surface area contributed by atoms with Crippen molar-refractivity contribution in [2.24, 2.45) is 0 Å². The number of imide groups is 2. The largest absolute Gasteiger partial charge is 0.457 e. The van der Waals surface area contributed by atoms with Crippen LogP contribution in [-0.2, 0) is 5.41 Å². The summed E-state index contributed by atoms with van der Waals surface area (Å²) in [6.07, 6.45) is 6.36. The highest BCUT2D eigenvalue weighted by molar-refractivity contribution is 6.35. The molecule has 2 aliphatic rings. The Balaban J connectivity index is 0.752. The molecule has 10 rings (SSSR count). The number of benzene rings is 8. The predicted octanol–water partition coefficient (Wildman–Crippen LogP) is 13.0. The zero-order valence-corrected chi connectivity index (χ0v) is 38.4. The average molecular weight is 931 g/mol. The van der Waals surface area contributed by atoms with E-state index in [1.807, 2.05) is 60.7 Å². The van der Waals surface area contributed by atoms with Gasteiger partial charge in [-0.15, -0.1) is 0 Å². The Labute approximate surface area is 409 Å². The summed E-state index contributed by atoms with van der Waals surface area (Å²) >= 11 is 0. The smallest absolute Gasteiger partial charge is 0.266 e. The number of hydrogen-bond donors (Lipinski definition) is 0. The normalized spacial score (nSPS) is 13.3. The molecule has 2 heterocycles. The van der Waals surface area contributed by atoms with E-state index in [9.17, 15) is 28.8 Å². The van der Waals surface area contributed by atoms with E-state index in [1.54, 1.807) is 146 Å². The number of ether oxygens (including phenoxy) is 2. The van der Waals surface area contributed by atoms with Gasteiger partial charge in [-0.05, 0) is 119 Å². The summed E-state index contributed by atoms with van der Waals surface area (Å²) in [5.41, 5.74) is 6.13. The van der Waals surface area contributed by atoms with Crippen LogP contribution in [0.2, 0.25) is 0 Å². The van der Waals surface area contributed by atoms with E-state index in [2.05, 4.69) is 13.8 Å². The minimum atomic E-state index is -0.458. The van der Waals surface area contributed by atoms with Crippen molar-refractivity contribution in [3.05, 3.63) is 262 Å². The van der Waals surface area contributed by atoms with E-state index in [-0.39, 0.29) is 33.8 Å². The molecule has 71 heavy (non-hydrogen) atoms. The van der Waals surface area contributed by atoms with Gasteiger partial charge in [0.15, 0.2) is 11.6 Å². The van der Waals surface area contributed by atoms with E-state index >= 15 is 0 Å². The molecule has 0 spiro atoms. The van der Waals surface area contributed by atoms with Crippen LogP contribution < -0.4 is 19.3 Å². The van der Waals surface area contributed by atoms with Gasteiger partial charge in [-0.1, -0.05) is 135 Å². The van der Waals surface area contributed by atoms with Crippen LogP contribution in [0.25, 0.3) is 12.2 Å². The van der Waals surface area contributed by atoms with E-state index in [0.717, 1.165) is 32.1 Å². The molecule has 0 radical (unpaired) electrons. The van der Waals surface area contributed by atoms with E-state index in [0.29, 0.717) is 45.5 Å². The molecule has 0 unspecified atom stereocenters. The molecule has 0 atom stereocenters. The first-order valence-electron chi connectivity index (χ1n) is 22.8. The first-order chi connectivity index (χ1) is 34.4. The lowest BCUT2D eigenvalue weighted by Gasteiger charge is -2.26. The van der Waals surface area contributed by atoms with Gasteiger partial charge in [0, 0.05) is 16.5 Å². The van der Waals surface area contributed by atoms with Gasteiger partial charge in [0.05, 0.1) is 33.6 Å². The lowest BCUT2D eigenvalue weighted by Crippen LogP contribution is -2.29. The Kier molecular flexibility index (Phi) is 12.0. The number of rotatable bonds is 14. The molecule has 10 heteroatoms. The van der Waals surface area contributed by atoms with Crippen LogP contribution in [0.1, 0.15) is 98.2 Å². The van der Waals surface area contributed by atoms with E-state index < -0.39 is 29.0 Å². The number of carbonyl (C=O) groups is 6. The van der Waals surface area contributed by atoms with Gasteiger partial charge in [-0.25, -0.2) is 9.80 Å². The Hall–Kier alpha value is -9.54. The van der Waals surface area contributed by atoms with Crippen molar-refractivity contribution in [2.45, 2.75) is 19.3 Å². The lowest BCUT2D eigenvalue weighted by molar-refractivity contribution is 0.0910. The second-order valence-corrected chi connectivity index (χ2v) is 17.5. The third-order valence-electron chi connectivity index (χ3n) is 12.6. The molecule has 4 amide bonds. The number of allylic oxidation sites excluding steroid dienone is 2. The standard InChI is InChI=1S/C61H42N2O8/c1-61(2,43-19-27-47(28-20-43)70-49-31-33-51-53(37-49)59(68)62(57(51)66)45-23-13-39(14-24-45)17-35-55(64)41-9-5-3-6-10-41)44-21-29-48(30-22-44)71-50-32-34-52-54(38-50)60(69)63(58(52)67)46-25-15-40(16-26-46)18-36-56(65)42-11-7-4-8-12-42/h3-38H,1-2H3/b35-17+,36-18+. The van der Waals surface area contributed by atoms with Crippen molar-refractivity contribution < 1.29 is 38.2 Å². The van der Waals surface area contributed by atoms with Crippen LogP contribution in [0.5, 0.6) is 23.0 Å². The van der Waals surface area contributed by atoms with Crippen molar-refractivity contribution in [3.63, 3.8) is 0 Å². The Bertz CT molecular complexity index is 3240. The number of amides is 4. The van der Waals surface area contributed by atoms with E-state index in [1.165, 1.54) is 12.2 Å². The van der Waals surface area contributed by atoms with Gasteiger partial charge in [0.1, 0.15) is 23.0 Å². The molecule has 0 saturated heterocycles. The van der Waals surface area contributed by atoms with Gasteiger partial charge in [-0.2, -0.15) is 0 Å². The maximum atomic E-state index is 13.6. The fraction of sp³-hybridized carbons (Fsp3) is 0.0492. The third kappa shape index (κ3) is 9.13. The summed E-state index contributed by atoms with van der Waals surface area (Å²) in [6, 6.07) is 56.7. The molecule has 0 saturated carbocycles. The summed E-state index contributed by atoms with van der Waals surface area (Å²) in [5, 5.41) is 0. The molecule has 0 fully saturated rings. The number of anilines is 2. The van der Waals surface area contributed by atoms with Gasteiger partial charge in [0.25, 0.3) is 23.6 Å². The summed E-state index contributed by atoms with van der Waals surface area (Å²) in [4.78, 5) is 81.3. The number of hydrogen-bond acceptors (Lipinski definition) is 8. The highest BCUT2D eigenvalue weighted by atomic mass is 16.5. The molecule has 344 valence electrons. The lowest BCUT2D eigenvalue weighted by atomic mass is 9.78. The van der Waals surface area contributed by atoms with Crippen molar-refractivity contribution >= 4 is 58.7 Å². The van der Waals surface area contributed by atoms with Crippen LogP contribution in [-0.4, -0.2) is 35.2 Å². The average Bonchev–Trinajstić information content (AvgIpc) is 3.80. The van der Waals surface area contributed by atoms with Crippen LogP contribution in [0, 0.1) is 0 Å². The molecule has 0 aromatic heterocycles. The maximum Gasteiger partial charge on any atom is 0.266 e. The van der Waals surface area contributed by atoms with Crippen molar-refractivity contribution in [2.75, 3.05) is 9.80 Å². The highest BCUT2D eigenvalue weighted by Gasteiger charge is 2.38. The number of nitrogens with zero attached hydrogens (tertiary/aromatic N) is 2. The number of ketones is 2. The minimum Gasteiger partial charge on any atom is -0.457 e. The second-order valence-electron chi connectivity index (χ2n) is 17.5. The summed E-state index contributed by atoms with van der Waals surface area (Å²) < 4.78 is 12.4. The van der Waals surface area contributed by atoms with Crippen molar-refractivity contribution in [3.8, 4) is 23.0 Å². The topological polar surface area (TPSA) is 127 Å². The molecule has 0 N–H and O–H groups in total. The fourth-order valence-corrected chi connectivity index (χ4v) is 8.56. The molecular formula is C61H42N2O8. The zero-order valence-electron chi connectivity index (χ0n) is 38.4. The fourth-order valence-electron chi connectivity index (χ4n) is 8.56. The molecule has 8 aromatic rings. The zero-order chi connectivity index (χ0) is 49.2. The Morgan fingerprint density at radius 1 is 0.394 bits per heavy atom. The second kappa shape index (κ2) is 18.9. The van der Waals surface area contributed by atoms with Gasteiger partial charge < -0.3 is 9.47 Å². The molecule has 10 nitrogen and oxygen atoms in total. The molecule has 0 bridgehead atoms. The summed E-state index contributed by atoms with van der Waals surface area (Å²) in [5.74, 6) is -0.122. The van der Waals surface area contributed by atoms with Crippen molar-refractivity contribution in [1.29, 1.82) is 0 Å². The highest BCUT2D eigenvalue weighted by Crippen LogP contribution is 2.38. The summed E-state index contributed by atoms with van der Waals surface area (Å²) in [6.45, 7) is 4.22. The van der Waals surface area contributed by atoms with Crippen LogP contribution in [0.15, 0.2) is 206 Å². The minimum absolute atomic E-state index is 0.127. The van der Waals surface area contributed by atoms with E-state index in [4.69, 9.17) is 9.47 Å². The van der Waals surface area contributed by atoms with Gasteiger partial charge in [0.2, 0.25) is 0 Å². The van der Waals surface area contributed by atoms with Crippen LogP contribution in [0.4, 0.5) is 11.4 Å². The van der Waals surface area contributed by atoms with Crippen molar-refractivity contribution in [1.82, 2.24) is 0 Å². The molecule has 2 aliphatic heterocycles. The van der Waals surface area contributed by atoms with Crippen LogP contribution >= 0.6 is 0 Å². The first kappa shape index (κ1) is 45.3. The monoisotopic (exact) mass is 930 g/mol. The summed E-state index contributed by atoms with van der Waals surface area (Å²) in [7, 11) is 0. The van der Waals surface area contributed by atoms with Gasteiger partial charge >= 0.3 is 0 Å². The first-order valence-corrected chi connectivity index (χ1v) is 22.8. The predicted molar refractivity (Wildman–Crippen MR) is 273 cm³/mol. The van der Waals surface area contributed by atoms with Crippen LogP contribution in [0.3, 0.4) is 0 Å². The Morgan fingerprint density at radius 3 is 1.10 bits per heavy atom. The molecule has 0 aliphatic carbocycles. The molecule has 8 aromatic carbocycles. The number of fused-ring (bicyclic) bond motifs is 2. The van der Waals surface area contributed by atoms with Gasteiger partial charge in [-0.3, -0.25) is 28.8 Å². The SMILES string of the molecule is CC(C)(c1ccc(Oc2ccc3c(c2)C(=O)N(c2ccc(/C=C/C(=O)c4ccccc4)cc2)C3=O)cc1)c1ccc(Oc2ccc3c(c2)C(=O)N(c2ccc(/C=C/C(=O)c4ccccc4)cc2)C3=O)cc1. The Morgan fingerprint density at radius 2 is 0.732 bits per heavy atom. The number of carbonyl (C=O) groups excluding carboxylic acids is 6.